The number of thiazole rings is 1. The summed E-state index contributed by atoms with van der Waals surface area (Å²) >= 11 is 1.39. The number of likely N-dealkylation sites (tertiary alicyclic amines) is 1. The molecule has 1 aliphatic rings. The zero-order chi connectivity index (χ0) is 13.4. The Balaban J connectivity index is 1.65. The van der Waals surface area contributed by atoms with Crippen molar-refractivity contribution in [2.75, 3.05) is 18.8 Å². The Kier molecular flexibility index (Phi) is 2.90. The molecule has 6 nitrogen and oxygen atoms in total. The molecule has 0 atom stereocenters. The summed E-state index contributed by atoms with van der Waals surface area (Å²) in [5.41, 5.74) is 7.33. The number of hydrogen-bond acceptors (Lipinski definition) is 6. The Morgan fingerprint density at radius 3 is 2.89 bits per heavy atom. The Morgan fingerprint density at radius 1 is 1.47 bits per heavy atom. The highest BCUT2D eigenvalue weighted by molar-refractivity contribution is 7.11. The minimum Gasteiger partial charge on any atom is -0.368 e. The number of rotatable bonds is 2. The maximum Gasteiger partial charge on any atom is 0.282 e. The van der Waals surface area contributed by atoms with Crippen molar-refractivity contribution in [3.8, 4) is 0 Å². The average Bonchev–Trinajstić information content (AvgIpc) is 2.74. The van der Waals surface area contributed by atoms with Gasteiger partial charge in [0.2, 0.25) is 5.95 Å². The first kappa shape index (κ1) is 12.0. The van der Waals surface area contributed by atoms with E-state index in [-0.39, 0.29) is 17.8 Å². The molecule has 0 unspecified atom stereocenters. The second kappa shape index (κ2) is 4.58. The van der Waals surface area contributed by atoms with Gasteiger partial charge < -0.3 is 10.6 Å². The van der Waals surface area contributed by atoms with E-state index in [1.165, 1.54) is 11.3 Å². The van der Waals surface area contributed by atoms with Crippen LogP contribution in [0.15, 0.2) is 17.6 Å². The van der Waals surface area contributed by atoms with Crippen LogP contribution in [0.3, 0.4) is 0 Å². The van der Waals surface area contributed by atoms with Gasteiger partial charge in [0.05, 0.1) is 5.69 Å². The van der Waals surface area contributed by atoms with E-state index in [1.54, 1.807) is 11.1 Å². The van der Waals surface area contributed by atoms with E-state index in [1.807, 2.05) is 18.4 Å². The predicted molar refractivity (Wildman–Crippen MR) is 71.9 cm³/mol. The van der Waals surface area contributed by atoms with E-state index in [0.717, 1.165) is 11.4 Å². The van der Waals surface area contributed by atoms with Crippen LogP contribution in [-0.2, 0) is 0 Å². The van der Waals surface area contributed by atoms with E-state index < -0.39 is 0 Å². The minimum absolute atomic E-state index is 0.00335. The molecular formula is C12H13N5OS. The number of nitrogen functional groups attached to an aromatic ring is 1. The lowest BCUT2D eigenvalue weighted by Gasteiger charge is -2.38. The SMILES string of the molecule is Cc1csc(C(=O)N2CC(c3ccnc(N)n3)C2)n1. The van der Waals surface area contributed by atoms with Gasteiger partial charge in [-0.3, -0.25) is 4.79 Å². The Hall–Kier alpha value is -2.02. The fraction of sp³-hybridized carbons (Fsp3) is 0.333. The first-order valence-electron chi connectivity index (χ1n) is 5.93. The molecule has 7 heteroatoms. The fourth-order valence-electron chi connectivity index (χ4n) is 2.03. The first-order chi connectivity index (χ1) is 9.13. The summed E-state index contributed by atoms with van der Waals surface area (Å²) in [4.78, 5) is 26.1. The third kappa shape index (κ3) is 2.28. The van der Waals surface area contributed by atoms with E-state index in [0.29, 0.717) is 18.1 Å². The Labute approximate surface area is 114 Å². The number of hydrogen-bond donors (Lipinski definition) is 1. The average molecular weight is 275 g/mol. The van der Waals surface area contributed by atoms with Crippen LogP contribution in [0.4, 0.5) is 5.95 Å². The van der Waals surface area contributed by atoms with Crippen molar-refractivity contribution in [2.45, 2.75) is 12.8 Å². The summed E-state index contributed by atoms with van der Waals surface area (Å²) < 4.78 is 0. The zero-order valence-corrected chi connectivity index (χ0v) is 11.2. The topological polar surface area (TPSA) is 85.0 Å². The number of carbonyl (C=O) groups is 1. The van der Waals surface area contributed by atoms with Crippen molar-refractivity contribution in [2.24, 2.45) is 0 Å². The van der Waals surface area contributed by atoms with Crippen LogP contribution < -0.4 is 5.73 Å². The molecule has 98 valence electrons. The number of carbonyl (C=O) groups excluding carboxylic acids is 1. The molecule has 2 N–H and O–H groups in total. The van der Waals surface area contributed by atoms with Gasteiger partial charge in [0, 0.05) is 36.3 Å². The Bertz CT molecular complexity index is 620. The number of amides is 1. The summed E-state index contributed by atoms with van der Waals surface area (Å²) in [7, 11) is 0. The second-order valence-electron chi connectivity index (χ2n) is 4.54. The fourth-order valence-corrected chi connectivity index (χ4v) is 2.80. The normalized spacial score (nSPS) is 15.3. The molecule has 0 bridgehead atoms. The summed E-state index contributed by atoms with van der Waals surface area (Å²) in [5, 5.41) is 2.44. The van der Waals surface area contributed by atoms with Crippen molar-refractivity contribution in [3.05, 3.63) is 34.0 Å². The molecule has 2 aromatic heterocycles. The van der Waals surface area contributed by atoms with Gasteiger partial charge in [-0.15, -0.1) is 11.3 Å². The molecule has 0 aliphatic carbocycles. The van der Waals surface area contributed by atoms with Gasteiger partial charge in [-0.25, -0.2) is 15.0 Å². The highest BCUT2D eigenvalue weighted by Crippen LogP contribution is 2.27. The maximum absolute atomic E-state index is 12.1. The van der Waals surface area contributed by atoms with E-state index in [9.17, 15) is 4.79 Å². The van der Waals surface area contributed by atoms with Crippen LogP contribution >= 0.6 is 11.3 Å². The zero-order valence-electron chi connectivity index (χ0n) is 10.4. The summed E-state index contributed by atoms with van der Waals surface area (Å²) in [6.45, 7) is 3.21. The van der Waals surface area contributed by atoms with Gasteiger partial charge in [-0.05, 0) is 13.0 Å². The van der Waals surface area contributed by atoms with Gasteiger partial charge in [-0.2, -0.15) is 0 Å². The van der Waals surface area contributed by atoms with Gasteiger partial charge in [0.25, 0.3) is 5.91 Å². The number of nitrogens with zero attached hydrogens (tertiary/aromatic N) is 4. The van der Waals surface area contributed by atoms with E-state index in [4.69, 9.17) is 5.73 Å². The van der Waals surface area contributed by atoms with Crippen molar-refractivity contribution in [1.82, 2.24) is 19.9 Å². The monoisotopic (exact) mass is 275 g/mol. The van der Waals surface area contributed by atoms with Crippen LogP contribution in [-0.4, -0.2) is 38.8 Å². The molecule has 1 saturated heterocycles. The van der Waals surface area contributed by atoms with Gasteiger partial charge in [0.15, 0.2) is 5.01 Å². The molecule has 19 heavy (non-hydrogen) atoms. The van der Waals surface area contributed by atoms with Crippen LogP contribution in [0, 0.1) is 6.92 Å². The van der Waals surface area contributed by atoms with Crippen LogP contribution in [0.1, 0.15) is 27.1 Å². The smallest absolute Gasteiger partial charge is 0.282 e. The minimum atomic E-state index is -0.00335. The quantitative estimate of drug-likeness (QED) is 0.886. The van der Waals surface area contributed by atoms with Gasteiger partial charge in [-0.1, -0.05) is 0 Å². The molecular weight excluding hydrogens is 262 g/mol. The third-order valence-electron chi connectivity index (χ3n) is 3.08. The lowest BCUT2D eigenvalue weighted by molar-refractivity contribution is 0.0598. The lowest BCUT2D eigenvalue weighted by Crippen LogP contribution is -2.48. The molecule has 1 fully saturated rings. The number of anilines is 1. The summed E-state index contributed by atoms with van der Waals surface area (Å²) in [6, 6.07) is 1.84. The third-order valence-corrected chi connectivity index (χ3v) is 4.03. The lowest BCUT2D eigenvalue weighted by atomic mass is 9.96. The molecule has 0 aromatic carbocycles. The van der Waals surface area contributed by atoms with Gasteiger partial charge >= 0.3 is 0 Å². The molecule has 0 saturated carbocycles. The highest BCUT2D eigenvalue weighted by atomic mass is 32.1. The summed E-state index contributed by atoms with van der Waals surface area (Å²) in [5.74, 6) is 0.518. The van der Waals surface area contributed by atoms with Crippen LogP contribution in [0.5, 0.6) is 0 Å². The van der Waals surface area contributed by atoms with Crippen molar-refractivity contribution < 1.29 is 4.79 Å². The molecule has 1 amide bonds. The van der Waals surface area contributed by atoms with Crippen LogP contribution in [0.2, 0.25) is 0 Å². The highest BCUT2D eigenvalue weighted by Gasteiger charge is 2.34. The number of nitrogens with two attached hydrogens (primary N) is 1. The van der Waals surface area contributed by atoms with E-state index in [2.05, 4.69) is 15.0 Å². The first-order valence-corrected chi connectivity index (χ1v) is 6.81. The van der Waals surface area contributed by atoms with Crippen molar-refractivity contribution in [3.63, 3.8) is 0 Å². The van der Waals surface area contributed by atoms with Crippen molar-refractivity contribution >= 4 is 23.2 Å². The molecule has 1 aliphatic heterocycles. The molecule has 0 radical (unpaired) electrons. The molecule has 3 heterocycles. The van der Waals surface area contributed by atoms with Crippen molar-refractivity contribution in [1.29, 1.82) is 0 Å². The number of aromatic nitrogens is 3. The van der Waals surface area contributed by atoms with E-state index >= 15 is 0 Å². The number of aryl methyl sites for hydroxylation is 1. The van der Waals surface area contributed by atoms with Crippen LogP contribution in [0.25, 0.3) is 0 Å². The molecule has 3 rings (SSSR count). The maximum atomic E-state index is 12.1. The molecule has 2 aromatic rings. The van der Waals surface area contributed by atoms with Gasteiger partial charge in [0.1, 0.15) is 0 Å². The summed E-state index contributed by atoms with van der Waals surface area (Å²) in [6.07, 6.45) is 1.65. The largest absolute Gasteiger partial charge is 0.368 e. The predicted octanol–water partition coefficient (Wildman–Crippen LogP) is 1.06. The Morgan fingerprint density at radius 2 is 2.26 bits per heavy atom. The standard InChI is InChI=1S/C12H13N5OS/c1-7-6-19-10(15-7)11(18)17-4-8(5-17)9-2-3-14-12(13)16-9/h2-3,6,8H,4-5H2,1H3,(H2,13,14,16). The molecule has 0 spiro atoms. The second-order valence-corrected chi connectivity index (χ2v) is 5.40.